The van der Waals surface area contributed by atoms with E-state index in [4.69, 9.17) is 0 Å². The molecule has 2 aromatic heterocycles. The number of rotatable bonds is 5. The number of anilines is 1. The van der Waals surface area contributed by atoms with Crippen molar-refractivity contribution in [3.05, 3.63) is 22.4 Å². The van der Waals surface area contributed by atoms with Crippen molar-refractivity contribution in [2.24, 2.45) is 0 Å². The summed E-state index contributed by atoms with van der Waals surface area (Å²) >= 11 is 1.38. The molecule has 0 saturated heterocycles. The van der Waals surface area contributed by atoms with Crippen molar-refractivity contribution in [2.45, 2.75) is 49.8 Å². The summed E-state index contributed by atoms with van der Waals surface area (Å²) in [5.74, 6) is 1.06. The molecule has 0 bridgehead atoms. The maximum Gasteiger partial charge on any atom is 0.344 e. The lowest BCUT2D eigenvalue weighted by molar-refractivity contribution is 0.533. The van der Waals surface area contributed by atoms with Crippen LogP contribution in [-0.4, -0.2) is 31.8 Å². The number of hydrogen-bond acceptors (Lipinski definition) is 6. The molecule has 0 atom stereocenters. The van der Waals surface area contributed by atoms with Crippen LogP contribution in [-0.2, 0) is 0 Å². The third kappa shape index (κ3) is 3.10. The molecular weight excluding hydrogens is 288 g/mol. The van der Waals surface area contributed by atoms with Crippen molar-refractivity contribution in [1.82, 2.24) is 24.7 Å². The standard InChI is InChI=1S/C13H20N6OS/c1-7(2)9-10(14-5)15-6-16-11(9)21-13-18-17-12(20)19(13)8(3)4/h6-8H,1-5H3,(H,17,20)(H,14,15,16). The van der Waals surface area contributed by atoms with Crippen LogP contribution in [0.4, 0.5) is 5.82 Å². The molecule has 114 valence electrons. The first-order chi connectivity index (χ1) is 9.95. The zero-order chi connectivity index (χ0) is 15.6. The molecule has 21 heavy (non-hydrogen) atoms. The molecule has 0 radical (unpaired) electrons. The van der Waals surface area contributed by atoms with Gasteiger partial charge in [-0.25, -0.2) is 19.9 Å². The highest BCUT2D eigenvalue weighted by Crippen LogP contribution is 2.34. The molecule has 2 heterocycles. The Balaban J connectivity index is 2.48. The maximum atomic E-state index is 11.8. The van der Waals surface area contributed by atoms with E-state index in [9.17, 15) is 4.79 Å². The summed E-state index contributed by atoms with van der Waals surface area (Å²) in [6.45, 7) is 8.07. The fraction of sp³-hybridized carbons (Fsp3) is 0.538. The van der Waals surface area contributed by atoms with Gasteiger partial charge in [-0.2, -0.15) is 0 Å². The number of H-pyrrole nitrogens is 1. The zero-order valence-corrected chi connectivity index (χ0v) is 13.7. The molecular formula is C13H20N6OS. The van der Waals surface area contributed by atoms with E-state index in [1.54, 1.807) is 4.57 Å². The van der Waals surface area contributed by atoms with Gasteiger partial charge in [-0.1, -0.05) is 13.8 Å². The highest BCUT2D eigenvalue weighted by Gasteiger charge is 2.19. The van der Waals surface area contributed by atoms with Crippen molar-refractivity contribution < 1.29 is 0 Å². The predicted molar refractivity (Wildman–Crippen MR) is 83.0 cm³/mol. The van der Waals surface area contributed by atoms with Gasteiger partial charge in [0.15, 0.2) is 5.16 Å². The second kappa shape index (κ2) is 6.30. The van der Waals surface area contributed by atoms with E-state index in [-0.39, 0.29) is 17.6 Å². The monoisotopic (exact) mass is 308 g/mol. The second-order valence-corrected chi connectivity index (χ2v) is 6.18. The summed E-state index contributed by atoms with van der Waals surface area (Å²) in [5.41, 5.74) is 0.817. The van der Waals surface area contributed by atoms with Gasteiger partial charge in [0.05, 0.1) is 0 Å². The molecule has 0 spiro atoms. The molecule has 2 N–H and O–H groups in total. The van der Waals surface area contributed by atoms with Crippen LogP contribution >= 0.6 is 11.8 Å². The number of nitrogens with zero attached hydrogens (tertiary/aromatic N) is 4. The second-order valence-electron chi connectivity index (χ2n) is 5.22. The average molecular weight is 308 g/mol. The minimum Gasteiger partial charge on any atom is -0.373 e. The van der Waals surface area contributed by atoms with Gasteiger partial charge in [0.1, 0.15) is 17.2 Å². The van der Waals surface area contributed by atoms with Gasteiger partial charge in [0.2, 0.25) is 0 Å². The van der Waals surface area contributed by atoms with Crippen LogP contribution in [0.2, 0.25) is 0 Å². The molecule has 0 unspecified atom stereocenters. The Morgan fingerprint density at radius 1 is 1.29 bits per heavy atom. The molecule has 0 aliphatic rings. The SMILES string of the molecule is CNc1ncnc(Sc2n[nH]c(=O)n2C(C)C)c1C(C)C. The molecule has 0 fully saturated rings. The molecule has 2 rings (SSSR count). The summed E-state index contributed by atoms with van der Waals surface area (Å²) in [4.78, 5) is 20.4. The molecule has 0 aliphatic carbocycles. The molecule has 8 heteroatoms. The Bertz CT molecular complexity index is 676. The lowest BCUT2D eigenvalue weighted by atomic mass is 10.1. The zero-order valence-electron chi connectivity index (χ0n) is 12.8. The van der Waals surface area contributed by atoms with Crippen molar-refractivity contribution in [2.75, 3.05) is 12.4 Å². The molecule has 0 aromatic carbocycles. The summed E-state index contributed by atoms with van der Waals surface area (Å²) in [5, 5.41) is 11.1. The lowest BCUT2D eigenvalue weighted by Gasteiger charge is -2.15. The highest BCUT2D eigenvalue weighted by atomic mass is 32.2. The quantitative estimate of drug-likeness (QED) is 0.824. The minimum absolute atomic E-state index is 0.0341. The van der Waals surface area contributed by atoms with Crippen LogP contribution in [0.3, 0.4) is 0 Å². The van der Waals surface area contributed by atoms with E-state index in [1.807, 2.05) is 20.9 Å². The Labute approximate surface area is 127 Å². The lowest BCUT2D eigenvalue weighted by Crippen LogP contribution is -2.19. The van der Waals surface area contributed by atoms with Gasteiger partial charge in [0.25, 0.3) is 0 Å². The molecule has 0 saturated carbocycles. The van der Waals surface area contributed by atoms with E-state index < -0.39 is 0 Å². The van der Waals surface area contributed by atoms with Gasteiger partial charge >= 0.3 is 5.69 Å². The maximum absolute atomic E-state index is 11.8. The number of hydrogen-bond donors (Lipinski definition) is 2. The Morgan fingerprint density at radius 2 is 2.00 bits per heavy atom. The van der Waals surface area contributed by atoms with E-state index >= 15 is 0 Å². The fourth-order valence-electron chi connectivity index (χ4n) is 2.08. The van der Waals surface area contributed by atoms with E-state index in [2.05, 4.69) is 39.3 Å². The molecule has 7 nitrogen and oxygen atoms in total. The normalized spacial score (nSPS) is 11.4. The topological polar surface area (TPSA) is 88.5 Å². The summed E-state index contributed by atoms with van der Waals surface area (Å²) < 4.78 is 1.62. The first kappa shape index (κ1) is 15.6. The largest absolute Gasteiger partial charge is 0.373 e. The van der Waals surface area contributed by atoms with Crippen molar-refractivity contribution >= 4 is 17.6 Å². The van der Waals surface area contributed by atoms with Crippen LogP contribution in [0, 0.1) is 0 Å². The predicted octanol–water partition coefficient (Wildman–Crippen LogP) is 2.26. The molecule has 0 aliphatic heterocycles. The van der Waals surface area contributed by atoms with Crippen molar-refractivity contribution in [1.29, 1.82) is 0 Å². The fourth-order valence-corrected chi connectivity index (χ4v) is 3.28. The van der Waals surface area contributed by atoms with Crippen molar-refractivity contribution in [3.8, 4) is 0 Å². The van der Waals surface area contributed by atoms with Gasteiger partial charge in [0, 0.05) is 18.7 Å². The first-order valence-electron chi connectivity index (χ1n) is 6.83. The number of aromatic nitrogens is 5. The Kier molecular flexibility index (Phi) is 4.66. The van der Waals surface area contributed by atoms with Crippen LogP contribution in [0.15, 0.2) is 21.3 Å². The van der Waals surface area contributed by atoms with E-state index in [1.165, 1.54) is 18.1 Å². The molecule has 2 aromatic rings. The summed E-state index contributed by atoms with van der Waals surface area (Å²) in [6.07, 6.45) is 1.52. The van der Waals surface area contributed by atoms with E-state index in [0.29, 0.717) is 5.16 Å². The van der Waals surface area contributed by atoms with Gasteiger partial charge in [-0.15, -0.1) is 5.10 Å². The Hall–Kier alpha value is -1.83. The smallest absolute Gasteiger partial charge is 0.344 e. The highest BCUT2D eigenvalue weighted by molar-refractivity contribution is 7.99. The minimum atomic E-state index is -0.207. The third-order valence-corrected chi connectivity index (χ3v) is 4.03. The van der Waals surface area contributed by atoms with Crippen LogP contribution < -0.4 is 11.0 Å². The van der Waals surface area contributed by atoms with E-state index in [0.717, 1.165) is 16.4 Å². The number of aromatic amines is 1. The van der Waals surface area contributed by atoms with Crippen LogP contribution in [0.25, 0.3) is 0 Å². The van der Waals surface area contributed by atoms with Gasteiger partial charge < -0.3 is 5.32 Å². The van der Waals surface area contributed by atoms with Crippen molar-refractivity contribution in [3.63, 3.8) is 0 Å². The van der Waals surface area contributed by atoms with Crippen LogP contribution in [0.1, 0.15) is 45.2 Å². The average Bonchev–Trinajstić information content (AvgIpc) is 2.79. The van der Waals surface area contributed by atoms with Gasteiger partial charge in [-0.3, -0.25) is 4.57 Å². The number of nitrogens with one attached hydrogen (secondary N) is 2. The molecule has 0 amide bonds. The summed E-state index contributed by atoms with van der Waals surface area (Å²) in [7, 11) is 1.83. The summed E-state index contributed by atoms with van der Waals surface area (Å²) in [6, 6.07) is 0.0341. The first-order valence-corrected chi connectivity index (χ1v) is 7.64. The van der Waals surface area contributed by atoms with Gasteiger partial charge in [-0.05, 0) is 31.5 Å². The Morgan fingerprint density at radius 3 is 2.57 bits per heavy atom. The third-order valence-electron chi connectivity index (χ3n) is 3.04. The van der Waals surface area contributed by atoms with Crippen LogP contribution in [0.5, 0.6) is 0 Å².